The van der Waals surface area contributed by atoms with Gasteiger partial charge in [-0.05, 0) is 22.0 Å². The summed E-state index contributed by atoms with van der Waals surface area (Å²) in [6, 6.07) is 1.91. The molecule has 3 nitrogen and oxygen atoms in total. The average Bonchev–Trinajstić information content (AvgIpc) is 2.27. The van der Waals surface area contributed by atoms with Crippen molar-refractivity contribution in [1.82, 2.24) is 9.78 Å². The van der Waals surface area contributed by atoms with Gasteiger partial charge in [0.05, 0.1) is 26.8 Å². The van der Waals surface area contributed by atoms with Crippen LogP contribution in [0.2, 0.25) is 0 Å². The molecule has 1 aromatic rings. The molecular weight excluding hydrogens is 196 g/mol. The maximum absolute atomic E-state index is 7.31. The van der Waals surface area contributed by atoms with Crippen molar-refractivity contribution in [2.24, 2.45) is 0 Å². The third-order valence-corrected chi connectivity index (χ3v) is 1.82. The van der Waals surface area contributed by atoms with Crippen LogP contribution in [0.25, 0.3) is 0 Å². The smallest absolute Gasteiger partial charge is 0.128 e. The summed E-state index contributed by atoms with van der Waals surface area (Å²) in [6.45, 7) is 0.558. The maximum atomic E-state index is 7.31. The van der Waals surface area contributed by atoms with E-state index in [9.17, 15) is 0 Å². The number of aryl methyl sites for hydroxylation is 1. The normalized spacial score (nSPS) is 25.7. The second-order valence-electron chi connectivity index (χ2n) is 2.12. The van der Waals surface area contributed by atoms with Gasteiger partial charge in [-0.3, -0.25) is 4.68 Å². The molecule has 0 saturated heterocycles. The number of halogens is 1. The minimum Gasteiger partial charge on any atom is -0.373 e. The predicted octanol–water partition coefficient (Wildman–Crippen LogP) is 1.18. The van der Waals surface area contributed by atoms with Gasteiger partial charge < -0.3 is 4.74 Å². The number of fused-ring (bicyclic) bond motifs is 1. The van der Waals surface area contributed by atoms with Crippen LogP contribution in [0.5, 0.6) is 0 Å². The molecule has 0 spiro atoms. The molecule has 1 aromatic heterocycles. The largest absolute Gasteiger partial charge is 0.373 e. The number of rotatable bonds is 0. The van der Waals surface area contributed by atoms with E-state index in [-0.39, 0.29) is 0 Å². The Morgan fingerprint density at radius 3 is 3.70 bits per heavy atom. The van der Waals surface area contributed by atoms with Crippen LogP contribution in [0.3, 0.4) is 0 Å². The molecule has 10 heavy (non-hydrogen) atoms. The van der Waals surface area contributed by atoms with Gasteiger partial charge in [0.1, 0.15) is 4.60 Å². The van der Waals surface area contributed by atoms with E-state index in [2.05, 4.69) is 21.0 Å². The van der Waals surface area contributed by atoms with Gasteiger partial charge in [0, 0.05) is 0 Å². The van der Waals surface area contributed by atoms with Crippen molar-refractivity contribution in [3.05, 3.63) is 16.4 Å². The van der Waals surface area contributed by atoms with Gasteiger partial charge in [-0.1, -0.05) is 0 Å². The molecule has 2 rings (SSSR count). The number of aromatic nitrogens is 2. The zero-order chi connectivity index (χ0) is 7.84. The number of ether oxygens (including phenoxy) is 1. The van der Waals surface area contributed by atoms with E-state index >= 15 is 0 Å². The summed E-state index contributed by atoms with van der Waals surface area (Å²) in [5.41, 5.74) is 1.03. The van der Waals surface area contributed by atoms with Crippen LogP contribution >= 0.6 is 15.9 Å². The van der Waals surface area contributed by atoms with Crippen LogP contribution in [0.15, 0.2) is 10.7 Å². The molecule has 1 aliphatic heterocycles. The summed E-state index contributed by atoms with van der Waals surface area (Å²) < 4.78 is 15.0. The molecule has 0 N–H and O–H groups in total. The first kappa shape index (κ1) is 5.32. The van der Waals surface area contributed by atoms with Crippen molar-refractivity contribution < 1.29 is 6.11 Å². The van der Waals surface area contributed by atoms with E-state index in [1.165, 1.54) is 0 Å². The van der Waals surface area contributed by atoms with E-state index in [4.69, 9.17) is 6.11 Å². The van der Waals surface area contributed by atoms with Crippen LogP contribution in [0.1, 0.15) is 7.06 Å². The van der Waals surface area contributed by atoms with Gasteiger partial charge in [0.15, 0.2) is 0 Å². The Bertz CT molecular complexity index is 276. The molecule has 1 atom stereocenters. The number of hydrogen-bond acceptors (Lipinski definition) is 2. The molecular formula is C6H7BrN2O. The molecule has 0 fully saturated rings. The topological polar surface area (TPSA) is 27.1 Å². The summed E-state index contributed by atoms with van der Waals surface area (Å²) in [5.74, 6) is 0. The Morgan fingerprint density at radius 1 is 1.90 bits per heavy atom. The molecule has 4 heteroatoms. The van der Waals surface area contributed by atoms with Crippen LogP contribution < -0.4 is 0 Å². The van der Waals surface area contributed by atoms with Gasteiger partial charge in [-0.15, -0.1) is 0 Å². The highest BCUT2D eigenvalue weighted by molar-refractivity contribution is 9.10. The Balaban J connectivity index is 2.34. The standard InChI is InChI=1S/C6H7BrN2O/c7-6-3-5-4-10-2-1-9(5)8-6/h3H,1-2,4H2/i2D. The van der Waals surface area contributed by atoms with Gasteiger partial charge in [0.2, 0.25) is 0 Å². The Morgan fingerprint density at radius 2 is 2.80 bits per heavy atom. The van der Waals surface area contributed by atoms with E-state index in [0.717, 1.165) is 10.3 Å². The summed E-state index contributed by atoms with van der Waals surface area (Å²) in [5, 5.41) is 4.13. The quantitative estimate of drug-likeness (QED) is 0.634. The molecule has 0 radical (unpaired) electrons. The molecule has 0 aromatic carbocycles. The Kier molecular flexibility index (Phi) is 1.25. The molecule has 0 saturated carbocycles. The van der Waals surface area contributed by atoms with Crippen LogP contribution in [-0.4, -0.2) is 16.4 Å². The molecule has 54 valence electrons. The lowest BCUT2D eigenvalue weighted by Gasteiger charge is -2.12. The van der Waals surface area contributed by atoms with Crippen molar-refractivity contribution in [2.45, 2.75) is 13.2 Å². The van der Waals surface area contributed by atoms with Crippen LogP contribution in [0, 0.1) is 0 Å². The lowest BCUT2D eigenvalue weighted by Crippen LogP contribution is -2.16. The fourth-order valence-corrected chi connectivity index (χ4v) is 1.42. The summed E-state index contributed by atoms with van der Waals surface area (Å²) in [4.78, 5) is 0. The van der Waals surface area contributed by atoms with Gasteiger partial charge in [0.25, 0.3) is 0 Å². The molecule has 1 aliphatic rings. The Hall–Kier alpha value is -0.350. The first-order valence-corrected chi connectivity index (χ1v) is 3.81. The van der Waals surface area contributed by atoms with Crippen molar-refractivity contribution in [1.29, 1.82) is 0 Å². The molecule has 0 aliphatic carbocycles. The number of hydrogen-bond donors (Lipinski definition) is 0. The molecule has 2 heterocycles. The second kappa shape index (κ2) is 2.36. The minimum absolute atomic E-state index is 0.464. The maximum Gasteiger partial charge on any atom is 0.128 e. The highest BCUT2D eigenvalue weighted by atomic mass is 79.9. The predicted molar refractivity (Wildman–Crippen MR) is 39.6 cm³/mol. The van der Waals surface area contributed by atoms with E-state index in [0.29, 0.717) is 13.2 Å². The first-order valence-electron chi connectivity index (χ1n) is 3.59. The van der Waals surface area contributed by atoms with E-state index in [1.807, 2.05) is 6.07 Å². The van der Waals surface area contributed by atoms with Gasteiger partial charge in [-0.25, -0.2) is 0 Å². The van der Waals surface area contributed by atoms with Crippen molar-refractivity contribution in [3.63, 3.8) is 0 Å². The third kappa shape index (κ3) is 0.973. The van der Waals surface area contributed by atoms with Crippen LogP contribution in [0.4, 0.5) is 0 Å². The summed E-state index contributed by atoms with van der Waals surface area (Å²) in [6.07, 6.45) is 0. The first-order chi connectivity index (χ1) is 5.25. The lowest BCUT2D eigenvalue weighted by atomic mass is 10.4. The molecule has 0 bridgehead atoms. The fraction of sp³-hybridized carbons (Fsp3) is 0.500. The fourth-order valence-electron chi connectivity index (χ4n) is 0.962. The monoisotopic (exact) mass is 203 g/mol. The molecule has 1 unspecified atom stereocenters. The Labute approximate surface area is 68.5 Å². The van der Waals surface area contributed by atoms with E-state index < -0.39 is 6.58 Å². The SMILES string of the molecule is [2H]C1Cn2nc(Br)cc2CO1. The summed E-state index contributed by atoms with van der Waals surface area (Å²) >= 11 is 3.26. The van der Waals surface area contributed by atoms with E-state index in [1.54, 1.807) is 4.68 Å². The molecule has 0 amide bonds. The van der Waals surface area contributed by atoms with Crippen molar-refractivity contribution in [3.8, 4) is 0 Å². The highest BCUT2D eigenvalue weighted by Gasteiger charge is 2.09. The van der Waals surface area contributed by atoms with Gasteiger partial charge in [-0.2, -0.15) is 5.10 Å². The highest BCUT2D eigenvalue weighted by Crippen LogP contribution is 2.14. The third-order valence-electron chi connectivity index (χ3n) is 1.43. The lowest BCUT2D eigenvalue weighted by molar-refractivity contribution is 0.0800. The zero-order valence-electron chi connectivity index (χ0n) is 6.25. The van der Waals surface area contributed by atoms with Crippen molar-refractivity contribution in [2.75, 3.05) is 6.58 Å². The zero-order valence-corrected chi connectivity index (χ0v) is 6.84. The van der Waals surface area contributed by atoms with Gasteiger partial charge >= 0.3 is 0 Å². The van der Waals surface area contributed by atoms with Crippen molar-refractivity contribution >= 4 is 15.9 Å². The summed E-state index contributed by atoms with van der Waals surface area (Å²) in [7, 11) is 0. The average molecular weight is 204 g/mol. The number of nitrogens with zero attached hydrogens (tertiary/aromatic N) is 2. The minimum atomic E-state index is -0.464. The van der Waals surface area contributed by atoms with Crippen LogP contribution in [-0.2, 0) is 17.9 Å². The second-order valence-corrected chi connectivity index (χ2v) is 2.93.